The lowest BCUT2D eigenvalue weighted by Gasteiger charge is -2.19. The van der Waals surface area contributed by atoms with Crippen molar-refractivity contribution >= 4 is 57.1 Å². The Morgan fingerprint density at radius 3 is 1.43 bits per heavy atom. The molecule has 0 bridgehead atoms. The molecular formula is C32H40Cl2O6. The second-order valence-electron chi connectivity index (χ2n) is 10.1. The zero-order chi connectivity index (χ0) is 29.1. The summed E-state index contributed by atoms with van der Waals surface area (Å²) in [5, 5.41) is 2.37. The molecule has 3 rings (SSSR count). The van der Waals surface area contributed by atoms with Gasteiger partial charge in [0.25, 0.3) is 0 Å². The summed E-state index contributed by atoms with van der Waals surface area (Å²) in [7, 11) is 0. The normalized spacial score (nSPS) is 12.8. The summed E-state index contributed by atoms with van der Waals surface area (Å²) in [6, 6.07) is 10.3. The molecule has 0 saturated heterocycles. The maximum atomic E-state index is 12.9. The first-order valence-corrected chi connectivity index (χ1v) is 15.1. The summed E-state index contributed by atoms with van der Waals surface area (Å²) >= 11 is 13.3. The van der Waals surface area contributed by atoms with Crippen LogP contribution >= 0.6 is 23.2 Å². The molecule has 0 saturated carbocycles. The zero-order valence-corrected chi connectivity index (χ0v) is 25.4. The molecule has 0 aliphatic carbocycles. The van der Waals surface area contributed by atoms with Gasteiger partial charge in [0.05, 0.1) is 23.3 Å². The van der Waals surface area contributed by atoms with E-state index in [1.54, 1.807) is 36.4 Å². The molecule has 0 aliphatic heterocycles. The largest absolute Gasteiger partial charge is 0.513 e. The lowest BCUT2D eigenvalue weighted by atomic mass is 10.0. The fourth-order valence-electron chi connectivity index (χ4n) is 4.76. The molecule has 0 spiro atoms. The van der Waals surface area contributed by atoms with E-state index >= 15 is 0 Å². The zero-order valence-electron chi connectivity index (χ0n) is 23.9. The van der Waals surface area contributed by atoms with Gasteiger partial charge in [-0.3, -0.25) is 0 Å². The summed E-state index contributed by atoms with van der Waals surface area (Å²) in [5.74, 6) is 0.900. The standard InChI is InChI=1S/C32H40Cl2O6/c1-5-9-13-21(7-3)19-37-31(35)39-29-23-15-11-18-26(34)28(23)30(24-16-12-17-25(33)27(24)29)40-32(36)38-20-22(8-4)14-10-6-2/h11-12,15-18,21-22H,5-10,13-14,19-20H2,1-4H3. The molecule has 0 aromatic heterocycles. The summed E-state index contributed by atoms with van der Waals surface area (Å²) in [6.45, 7) is 8.96. The Morgan fingerprint density at radius 2 is 1.07 bits per heavy atom. The van der Waals surface area contributed by atoms with Gasteiger partial charge < -0.3 is 18.9 Å². The SMILES string of the molecule is CCCCC(CC)COC(=O)Oc1c2cccc(Cl)c2c(OC(=O)OCC(CC)CCCC)c2cccc(Cl)c12. The Hall–Kier alpha value is -2.70. The van der Waals surface area contributed by atoms with Gasteiger partial charge in [-0.05, 0) is 36.8 Å². The molecule has 3 aromatic rings. The van der Waals surface area contributed by atoms with Crippen LogP contribution in [0.1, 0.15) is 79.1 Å². The minimum atomic E-state index is -0.830. The number of fused-ring (bicyclic) bond motifs is 2. The van der Waals surface area contributed by atoms with Crippen molar-refractivity contribution in [1.29, 1.82) is 0 Å². The van der Waals surface area contributed by atoms with Crippen molar-refractivity contribution < 1.29 is 28.5 Å². The van der Waals surface area contributed by atoms with Crippen molar-refractivity contribution in [3.05, 3.63) is 46.4 Å². The topological polar surface area (TPSA) is 71.1 Å². The van der Waals surface area contributed by atoms with Gasteiger partial charge in [0.1, 0.15) is 0 Å². The van der Waals surface area contributed by atoms with Crippen LogP contribution in [0, 0.1) is 11.8 Å². The van der Waals surface area contributed by atoms with Crippen molar-refractivity contribution in [2.24, 2.45) is 11.8 Å². The van der Waals surface area contributed by atoms with Crippen LogP contribution in [0.15, 0.2) is 36.4 Å². The third kappa shape index (κ3) is 8.17. The van der Waals surface area contributed by atoms with Crippen LogP contribution in [0.3, 0.4) is 0 Å². The van der Waals surface area contributed by atoms with Crippen molar-refractivity contribution in [2.45, 2.75) is 79.1 Å². The first-order valence-electron chi connectivity index (χ1n) is 14.4. The van der Waals surface area contributed by atoms with Crippen molar-refractivity contribution in [1.82, 2.24) is 0 Å². The molecule has 0 radical (unpaired) electrons. The molecule has 0 N–H and O–H groups in total. The molecule has 0 fully saturated rings. The Balaban J connectivity index is 1.96. The number of halogens is 2. The number of carbonyl (C=O) groups is 2. The van der Waals surface area contributed by atoms with Crippen LogP contribution in [0.25, 0.3) is 21.5 Å². The van der Waals surface area contributed by atoms with Crippen LogP contribution in [0.2, 0.25) is 10.0 Å². The first-order chi connectivity index (χ1) is 19.3. The highest BCUT2D eigenvalue weighted by Gasteiger charge is 2.25. The first kappa shape index (κ1) is 31.8. The van der Waals surface area contributed by atoms with Gasteiger partial charge in [-0.2, -0.15) is 0 Å². The van der Waals surface area contributed by atoms with E-state index in [9.17, 15) is 9.59 Å². The van der Waals surface area contributed by atoms with Gasteiger partial charge in [0.2, 0.25) is 0 Å². The molecule has 8 heteroatoms. The van der Waals surface area contributed by atoms with Crippen LogP contribution in [-0.4, -0.2) is 25.5 Å². The van der Waals surface area contributed by atoms with Crippen LogP contribution in [0.5, 0.6) is 11.5 Å². The smallest absolute Gasteiger partial charge is 0.434 e. The maximum absolute atomic E-state index is 12.9. The Labute approximate surface area is 247 Å². The highest BCUT2D eigenvalue weighted by Crippen LogP contribution is 2.48. The van der Waals surface area contributed by atoms with E-state index in [2.05, 4.69) is 27.7 Å². The summed E-state index contributed by atoms with van der Waals surface area (Å²) < 4.78 is 22.6. The molecule has 2 unspecified atom stereocenters. The fourth-order valence-corrected chi connectivity index (χ4v) is 5.28. The van der Waals surface area contributed by atoms with E-state index in [-0.39, 0.29) is 36.5 Å². The molecular weight excluding hydrogens is 551 g/mol. The lowest BCUT2D eigenvalue weighted by Crippen LogP contribution is -2.18. The number of carbonyl (C=O) groups excluding carboxylic acids is 2. The van der Waals surface area contributed by atoms with E-state index in [1.807, 2.05) is 0 Å². The summed E-state index contributed by atoms with van der Waals surface area (Å²) in [4.78, 5) is 25.8. The van der Waals surface area contributed by atoms with E-state index in [0.717, 1.165) is 51.4 Å². The Morgan fingerprint density at radius 1 is 0.675 bits per heavy atom. The average molecular weight is 592 g/mol. The predicted molar refractivity (Wildman–Crippen MR) is 162 cm³/mol. The van der Waals surface area contributed by atoms with Gasteiger partial charge in [-0.1, -0.05) is 114 Å². The lowest BCUT2D eigenvalue weighted by molar-refractivity contribution is 0.0805. The van der Waals surface area contributed by atoms with E-state index in [1.165, 1.54) is 0 Å². The summed E-state index contributed by atoms with van der Waals surface area (Å²) in [6.07, 6.45) is 6.41. The van der Waals surface area contributed by atoms with Crippen LogP contribution in [0.4, 0.5) is 9.59 Å². The number of benzene rings is 3. The Kier molecular flexibility index (Phi) is 12.7. The van der Waals surface area contributed by atoms with Crippen molar-refractivity contribution in [2.75, 3.05) is 13.2 Å². The third-order valence-electron chi connectivity index (χ3n) is 7.30. The predicted octanol–water partition coefficient (Wildman–Crippen LogP) is 10.8. The highest BCUT2D eigenvalue weighted by molar-refractivity contribution is 6.40. The number of rotatable bonds is 14. The number of ether oxygens (including phenoxy) is 4. The van der Waals surface area contributed by atoms with Crippen molar-refractivity contribution in [3.8, 4) is 11.5 Å². The number of unbranched alkanes of at least 4 members (excludes halogenated alkanes) is 2. The van der Waals surface area contributed by atoms with Gasteiger partial charge in [-0.25, -0.2) is 9.59 Å². The van der Waals surface area contributed by atoms with Crippen LogP contribution < -0.4 is 9.47 Å². The average Bonchev–Trinajstić information content (AvgIpc) is 2.95. The molecule has 6 nitrogen and oxygen atoms in total. The third-order valence-corrected chi connectivity index (χ3v) is 7.93. The number of hydrogen-bond acceptors (Lipinski definition) is 6. The van der Waals surface area contributed by atoms with Gasteiger partial charge in [-0.15, -0.1) is 0 Å². The van der Waals surface area contributed by atoms with Gasteiger partial charge in [0, 0.05) is 21.5 Å². The minimum absolute atomic E-state index is 0.191. The second-order valence-corrected chi connectivity index (χ2v) is 11.0. The fraction of sp³-hybridized carbons (Fsp3) is 0.500. The minimum Gasteiger partial charge on any atom is -0.434 e. The Bertz CT molecular complexity index is 1190. The second kappa shape index (κ2) is 15.9. The molecule has 2 atom stereocenters. The molecule has 0 aliphatic rings. The molecule has 218 valence electrons. The monoisotopic (exact) mass is 590 g/mol. The molecule has 40 heavy (non-hydrogen) atoms. The molecule has 0 amide bonds. The van der Waals surface area contributed by atoms with Crippen LogP contribution in [-0.2, 0) is 9.47 Å². The van der Waals surface area contributed by atoms with E-state index in [0.29, 0.717) is 31.6 Å². The van der Waals surface area contributed by atoms with Gasteiger partial charge in [0.15, 0.2) is 11.5 Å². The number of hydrogen-bond donors (Lipinski definition) is 0. The summed E-state index contributed by atoms with van der Waals surface area (Å²) in [5.41, 5.74) is 0. The van der Waals surface area contributed by atoms with Gasteiger partial charge >= 0.3 is 12.3 Å². The highest BCUT2D eigenvalue weighted by atomic mass is 35.5. The maximum Gasteiger partial charge on any atom is 0.513 e. The molecule has 3 aromatic carbocycles. The molecule has 0 heterocycles. The van der Waals surface area contributed by atoms with E-state index < -0.39 is 12.3 Å². The quantitative estimate of drug-likeness (QED) is 0.106. The van der Waals surface area contributed by atoms with Crippen molar-refractivity contribution in [3.63, 3.8) is 0 Å². The van der Waals surface area contributed by atoms with E-state index in [4.69, 9.17) is 42.1 Å².